The number of aromatic nitrogens is 3. The molecule has 0 bridgehead atoms. The third-order valence-corrected chi connectivity index (χ3v) is 10.9. The van der Waals surface area contributed by atoms with Gasteiger partial charge in [0.05, 0.1) is 0 Å². The molecule has 6 heteroatoms. The number of hydrogen-bond acceptors (Lipinski definition) is 6. The van der Waals surface area contributed by atoms with E-state index in [2.05, 4.69) is 91.0 Å². The largest absolute Gasteiger partial charge is 0.456 e. The van der Waals surface area contributed by atoms with Crippen LogP contribution in [0.5, 0.6) is 0 Å². The summed E-state index contributed by atoms with van der Waals surface area (Å²) >= 11 is 1.79. The molecule has 0 saturated heterocycles. The Morgan fingerprint density at radius 3 is 1.63 bits per heavy atom. The van der Waals surface area contributed by atoms with Gasteiger partial charge in [-0.15, -0.1) is 11.3 Å². The Kier molecular flexibility index (Phi) is 6.05. The molecule has 0 N–H and O–H groups in total. The molecular weight excluding hydrogens is 647 g/mol. The number of thiophene rings is 1. The van der Waals surface area contributed by atoms with E-state index in [-0.39, 0.29) is 0 Å². The minimum atomic E-state index is 0.595. The fraction of sp³-hybridized carbons (Fsp3) is 0. The van der Waals surface area contributed by atoms with E-state index in [1.165, 1.54) is 20.2 Å². The topological polar surface area (TPSA) is 65.0 Å². The predicted molar refractivity (Wildman–Crippen MR) is 209 cm³/mol. The monoisotopic (exact) mass is 671 g/mol. The zero-order valence-corrected chi connectivity index (χ0v) is 27.8. The third-order valence-electron chi connectivity index (χ3n) is 9.75. The lowest BCUT2D eigenvalue weighted by atomic mass is 10.0. The summed E-state index contributed by atoms with van der Waals surface area (Å²) < 4.78 is 15.1. The molecule has 4 heterocycles. The van der Waals surface area contributed by atoms with Crippen molar-refractivity contribution in [3.05, 3.63) is 152 Å². The van der Waals surface area contributed by atoms with Gasteiger partial charge in [-0.25, -0.2) is 15.0 Å². The Morgan fingerprint density at radius 2 is 0.824 bits per heavy atom. The van der Waals surface area contributed by atoms with Crippen molar-refractivity contribution in [3.8, 4) is 45.3 Å². The highest BCUT2D eigenvalue weighted by atomic mass is 32.1. The van der Waals surface area contributed by atoms with Gasteiger partial charge in [0.2, 0.25) is 0 Å². The van der Waals surface area contributed by atoms with Crippen LogP contribution >= 0.6 is 11.3 Å². The summed E-state index contributed by atoms with van der Waals surface area (Å²) in [6.45, 7) is 0. The molecule has 0 unspecified atom stereocenters. The molecule has 238 valence electrons. The number of nitrogens with zero attached hydrogens (tertiary/aromatic N) is 3. The van der Waals surface area contributed by atoms with Crippen LogP contribution < -0.4 is 0 Å². The summed E-state index contributed by atoms with van der Waals surface area (Å²) in [4.78, 5) is 15.0. The highest BCUT2D eigenvalue weighted by Crippen LogP contribution is 2.38. The molecule has 0 radical (unpaired) electrons. The Morgan fingerprint density at radius 1 is 0.314 bits per heavy atom. The number of benzene rings is 7. The maximum Gasteiger partial charge on any atom is 0.164 e. The molecule has 5 nitrogen and oxygen atoms in total. The van der Waals surface area contributed by atoms with Gasteiger partial charge < -0.3 is 8.83 Å². The average molecular weight is 672 g/mol. The standard InChI is InChI=1S/C45H25N3O2S/c1-2-8-26(9-3-1)43-46-44(48-45(47-43)30-16-20-35-34-11-5-7-13-41(34)51-42(35)25-30)29-15-19-33-36-22-27(17-21-38(36)50-40(33)24-29)28-14-18-32-31-10-4-6-12-37(31)49-39(32)23-28/h1-25H. The number of furan rings is 2. The van der Waals surface area contributed by atoms with Crippen LogP contribution in [0.3, 0.4) is 0 Å². The van der Waals surface area contributed by atoms with Crippen molar-refractivity contribution in [2.75, 3.05) is 0 Å². The predicted octanol–water partition coefficient (Wildman–Crippen LogP) is 12.7. The first kappa shape index (κ1) is 28.2. The summed E-state index contributed by atoms with van der Waals surface area (Å²) in [6.07, 6.45) is 0. The fourth-order valence-corrected chi connectivity index (χ4v) is 8.36. The lowest BCUT2D eigenvalue weighted by Gasteiger charge is -2.08. The van der Waals surface area contributed by atoms with Crippen LogP contribution in [0, 0.1) is 0 Å². The highest BCUT2D eigenvalue weighted by molar-refractivity contribution is 7.25. The zero-order valence-electron chi connectivity index (χ0n) is 27.0. The molecule has 0 aliphatic rings. The Labute approximate surface area is 295 Å². The van der Waals surface area contributed by atoms with Gasteiger partial charge in [-0.05, 0) is 65.7 Å². The van der Waals surface area contributed by atoms with E-state index < -0.39 is 0 Å². The molecule has 0 amide bonds. The maximum atomic E-state index is 6.43. The SMILES string of the molecule is c1ccc(-c2nc(-c3ccc4c(c3)oc3ccc(-c5ccc6c(c5)oc5ccccc56)cc34)nc(-c3ccc4c(c3)sc3ccccc34)n2)cc1. The first-order valence-electron chi connectivity index (χ1n) is 16.8. The van der Waals surface area contributed by atoms with Gasteiger partial charge in [0, 0.05) is 58.4 Å². The molecule has 11 aromatic rings. The minimum Gasteiger partial charge on any atom is -0.456 e. The molecule has 7 aromatic carbocycles. The molecule has 0 aliphatic carbocycles. The number of hydrogen-bond donors (Lipinski definition) is 0. The Bertz CT molecular complexity index is 3160. The van der Waals surface area contributed by atoms with E-state index >= 15 is 0 Å². The second kappa shape index (κ2) is 10.9. The Balaban J connectivity index is 1.02. The van der Waals surface area contributed by atoms with Gasteiger partial charge >= 0.3 is 0 Å². The van der Waals surface area contributed by atoms with Gasteiger partial charge in [-0.2, -0.15) is 0 Å². The van der Waals surface area contributed by atoms with E-state index in [1.54, 1.807) is 11.3 Å². The average Bonchev–Trinajstić information content (AvgIpc) is 3.88. The molecule has 0 fully saturated rings. The van der Waals surface area contributed by atoms with E-state index in [0.29, 0.717) is 17.5 Å². The lowest BCUT2D eigenvalue weighted by Crippen LogP contribution is -2.00. The van der Waals surface area contributed by atoms with E-state index in [9.17, 15) is 0 Å². The van der Waals surface area contributed by atoms with Crippen LogP contribution in [0.2, 0.25) is 0 Å². The summed E-state index contributed by atoms with van der Waals surface area (Å²) in [6, 6.07) is 52.3. The minimum absolute atomic E-state index is 0.595. The molecule has 0 aliphatic heterocycles. The van der Waals surface area contributed by atoms with E-state index in [1.807, 2.05) is 60.7 Å². The molecule has 51 heavy (non-hydrogen) atoms. The van der Waals surface area contributed by atoms with E-state index in [4.69, 9.17) is 23.8 Å². The van der Waals surface area contributed by atoms with Gasteiger partial charge in [-0.1, -0.05) is 97.1 Å². The Hall–Kier alpha value is -6.63. The van der Waals surface area contributed by atoms with Crippen molar-refractivity contribution in [1.29, 1.82) is 0 Å². The van der Waals surface area contributed by atoms with Crippen molar-refractivity contribution in [2.45, 2.75) is 0 Å². The van der Waals surface area contributed by atoms with Crippen molar-refractivity contribution in [2.24, 2.45) is 0 Å². The van der Waals surface area contributed by atoms with Crippen LogP contribution in [0.1, 0.15) is 0 Å². The fourth-order valence-electron chi connectivity index (χ4n) is 7.22. The van der Waals surface area contributed by atoms with Gasteiger partial charge in [0.15, 0.2) is 17.5 Å². The number of para-hydroxylation sites is 1. The quantitative estimate of drug-likeness (QED) is 0.186. The van der Waals surface area contributed by atoms with Crippen LogP contribution in [0.4, 0.5) is 0 Å². The third kappa shape index (κ3) is 4.58. The second-order valence-corrected chi connectivity index (χ2v) is 13.9. The summed E-state index contributed by atoms with van der Waals surface area (Å²) in [5, 5.41) is 6.85. The van der Waals surface area contributed by atoms with Crippen LogP contribution in [0.15, 0.2) is 160 Å². The van der Waals surface area contributed by atoms with Gasteiger partial charge in [0.25, 0.3) is 0 Å². The first-order chi connectivity index (χ1) is 25.2. The zero-order chi connectivity index (χ0) is 33.5. The highest BCUT2D eigenvalue weighted by Gasteiger charge is 2.17. The molecule has 0 atom stereocenters. The van der Waals surface area contributed by atoms with Crippen LogP contribution in [-0.4, -0.2) is 15.0 Å². The molecule has 0 saturated carbocycles. The van der Waals surface area contributed by atoms with Crippen molar-refractivity contribution in [1.82, 2.24) is 15.0 Å². The van der Waals surface area contributed by atoms with Crippen molar-refractivity contribution in [3.63, 3.8) is 0 Å². The summed E-state index contributed by atoms with van der Waals surface area (Å²) in [5.74, 6) is 1.86. The van der Waals surface area contributed by atoms with Gasteiger partial charge in [-0.3, -0.25) is 0 Å². The lowest BCUT2D eigenvalue weighted by molar-refractivity contribution is 0.669. The smallest absolute Gasteiger partial charge is 0.164 e. The van der Waals surface area contributed by atoms with Crippen LogP contribution in [0.25, 0.3) is 109 Å². The van der Waals surface area contributed by atoms with Gasteiger partial charge in [0.1, 0.15) is 22.3 Å². The molecule has 4 aromatic heterocycles. The van der Waals surface area contributed by atoms with Crippen molar-refractivity contribution < 1.29 is 8.83 Å². The number of rotatable bonds is 4. The maximum absolute atomic E-state index is 6.43. The van der Waals surface area contributed by atoms with E-state index in [0.717, 1.165) is 71.7 Å². The van der Waals surface area contributed by atoms with Crippen LogP contribution in [-0.2, 0) is 0 Å². The van der Waals surface area contributed by atoms with Crippen molar-refractivity contribution >= 4 is 75.4 Å². The second-order valence-electron chi connectivity index (χ2n) is 12.8. The normalized spacial score (nSPS) is 11.9. The molecular formula is C45H25N3O2S. The summed E-state index contributed by atoms with van der Waals surface area (Å²) in [5.41, 5.74) is 8.32. The number of fused-ring (bicyclic) bond motifs is 9. The molecule has 11 rings (SSSR count). The first-order valence-corrected chi connectivity index (χ1v) is 17.7. The molecule has 0 spiro atoms. The summed E-state index contributed by atoms with van der Waals surface area (Å²) in [7, 11) is 0.